The molecule has 6 atom stereocenters. The van der Waals surface area contributed by atoms with Crippen molar-refractivity contribution in [2.75, 3.05) is 5.75 Å². The number of carboxylic acids is 1. The molecule has 2 fully saturated rings. The van der Waals surface area contributed by atoms with Crippen molar-refractivity contribution < 1.29 is 24.2 Å². The van der Waals surface area contributed by atoms with Gasteiger partial charge in [-0.05, 0) is 55.6 Å². The number of thioether (sulfide) groups is 1. The Hall–Kier alpha value is -1.40. The number of allylic oxidation sites excluding steroid dienone is 6. The lowest BCUT2D eigenvalue weighted by Crippen LogP contribution is -2.66. The van der Waals surface area contributed by atoms with E-state index in [4.69, 9.17) is 5.11 Å². The number of alkyl halides is 1. The van der Waals surface area contributed by atoms with E-state index in [-0.39, 0.29) is 29.8 Å². The second-order valence-corrected chi connectivity index (χ2v) is 9.77. The average molecular weight is 392 g/mol. The largest absolute Gasteiger partial charge is 0.481 e. The van der Waals surface area contributed by atoms with Crippen LogP contribution in [0.3, 0.4) is 0 Å². The minimum absolute atomic E-state index is 0.0227. The van der Waals surface area contributed by atoms with Crippen molar-refractivity contribution >= 4 is 23.5 Å². The number of hydrogen-bond acceptors (Lipinski definition) is 4. The van der Waals surface area contributed by atoms with Crippen LogP contribution in [0.1, 0.15) is 39.5 Å². The minimum atomic E-state index is -1.82. The molecule has 6 heteroatoms. The van der Waals surface area contributed by atoms with Crippen LogP contribution in [0.25, 0.3) is 0 Å². The molecule has 4 aliphatic rings. The fourth-order valence-electron chi connectivity index (χ4n) is 6.11. The van der Waals surface area contributed by atoms with Crippen LogP contribution in [0.2, 0.25) is 0 Å². The number of carboxylic acid groups (broad SMARTS) is 1. The van der Waals surface area contributed by atoms with Crippen molar-refractivity contribution in [3.63, 3.8) is 0 Å². The summed E-state index contributed by atoms with van der Waals surface area (Å²) in [6.45, 7) is 3.85. The summed E-state index contributed by atoms with van der Waals surface area (Å²) < 4.78 is 16.7. The fraction of sp³-hybridized carbons (Fsp3) is 0.619. The first-order valence-corrected chi connectivity index (χ1v) is 10.5. The lowest BCUT2D eigenvalue weighted by Gasteiger charge is -2.61. The molecule has 4 nitrogen and oxygen atoms in total. The van der Waals surface area contributed by atoms with Crippen LogP contribution >= 0.6 is 11.8 Å². The first kappa shape index (κ1) is 18.9. The van der Waals surface area contributed by atoms with Crippen molar-refractivity contribution in [1.82, 2.24) is 0 Å². The van der Waals surface area contributed by atoms with Gasteiger partial charge in [-0.1, -0.05) is 24.6 Å². The minimum Gasteiger partial charge on any atom is -0.481 e. The summed E-state index contributed by atoms with van der Waals surface area (Å²) in [6.07, 6.45) is 7.74. The average Bonchev–Trinajstić information content (AvgIpc) is 2.91. The Kier molecular flexibility index (Phi) is 4.24. The van der Waals surface area contributed by atoms with Crippen LogP contribution in [0.15, 0.2) is 34.8 Å². The van der Waals surface area contributed by atoms with Crippen LogP contribution in [-0.4, -0.2) is 39.5 Å². The maximum atomic E-state index is 16.7. The summed E-state index contributed by atoms with van der Waals surface area (Å²) in [4.78, 5) is 23.8. The number of fused-ring (bicyclic) bond motifs is 5. The highest BCUT2D eigenvalue weighted by Gasteiger charge is 2.69. The Morgan fingerprint density at radius 2 is 2.11 bits per heavy atom. The molecular formula is C21H25FO4S. The van der Waals surface area contributed by atoms with Gasteiger partial charge in [0.2, 0.25) is 0 Å². The Morgan fingerprint density at radius 1 is 1.37 bits per heavy atom. The van der Waals surface area contributed by atoms with Gasteiger partial charge in [0.05, 0.1) is 11.9 Å². The summed E-state index contributed by atoms with van der Waals surface area (Å²) in [6, 6.07) is 0. The Balaban J connectivity index is 1.71. The molecule has 146 valence electrons. The lowest BCUT2D eigenvalue weighted by atomic mass is 9.46. The molecule has 0 heterocycles. The molecule has 0 spiro atoms. The van der Waals surface area contributed by atoms with Crippen molar-refractivity contribution in [2.45, 2.75) is 51.3 Å². The second kappa shape index (κ2) is 6.05. The van der Waals surface area contributed by atoms with Crippen LogP contribution in [-0.2, 0) is 9.59 Å². The summed E-state index contributed by atoms with van der Waals surface area (Å²) in [5.74, 6) is -1.31. The van der Waals surface area contributed by atoms with Gasteiger partial charge < -0.3 is 10.2 Å². The quantitative estimate of drug-likeness (QED) is 0.767. The highest BCUT2D eigenvalue weighted by molar-refractivity contribution is 8.03. The zero-order valence-corrected chi connectivity index (χ0v) is 16.4. The van der Waals surface area contributed by atoms with Gasteiger partial charge in [0.25, 0.3) is 0 Å². The van der Waals surface area contributed by atoms with E-state index in [1.165, 1.54) is 17.8 Å². The zero-order chi connectivity index (χ0) is 19.6. The predicted octanol–water partition coefficient (Wildman–Crippen LogP) is 3.67. The van der Waals surface area contributed by atoms with Crippen molar-refractivity contribution in [2.24, 2.45) is 22.7 Å². The zero-order valence-electron chi connectivity index (χ0n) is 15.6. The first-order valence-electron chi connectivity index (χ1n) is 9.49. The number of aliphatic hydroxyl groups excluding tert-OH is 1. The molecule has 0 saturated heterocycles. The lowest BCUT2D eigenvalue weighted by molar-refractivity contribution is -0.184. The Morgan fingerprint density at radius 3 is 2.81 bits per heavy atom. The van der Waals surface area contributed by atoms with E-state index in [1.807, 2.05) is 19.9 Å². The van der Waals surface area contributed by atoms with E-state index >= 15 is 4.39 Å². The van der Waals surface area contributed by atoms with Gasteiger partial charge >= 0.3 is 5.97 Å². The van der Waals surface area contributed by atoms with Crippen molar-refractivity contribution in [1.29, 1.82) is 0 Å². The molecular weight excluding hydrogens is 367 g/mol. The summed E-state index contributed by atoms with van der Waals surface area (Å²) >= 11 is 1.30. The molecule has 0 bridgehead atoms. The van der Waals surface area contributed by atoms with Gasteiger partial charge in [-0.15, -0.1) is 11.8 Å². The van der Waals surface area contributed by atoms with E-state index in [1.54, 1.807) is 12.2 Å². The van der Waals surface area contributed by atoms with Gasteiger partial charge in [-0.2, -0.15) is 0 Å². The Bertz CT molecular complexity index is 802. The first-order chi connectivity index (χ1) is 12.6. The van der Waals surface area contributed by atoms with Crippen LogP contribution in [0, 0.1) is 22.7 Å². The molecule has 27 heavy (non-hydrogen) atoms. The van der Waals surface area contributed by atoms with Crippen LogP contribution < -0.4 is 0 Å². The maximum Gasteiger partial charge on any atom is 0.313 e. The summed E-state index contributed by atoms with van der Waals surface area (Å²) in [5, 5.41) is 20.1. The molecule has 0 aromatic rings. The highest BCUT2D eigenvalue weighted by atomic mass is 32.2. The number of aliphatic carboxylic acids is 1. The number of aliphatic hydroxyl groups is 1. The third-order valence-electron chi connectivity index (χ3n) is 7.50. The molecule has 2 saturated carbocycles. The van der Waals surface area contributed by atoms with Crippen molar-refractivity contribution in [3.8, 4) is 0 Å². The standard InChI is InChI=1S/C21H25FO4S/c1-19-10-16(24)21(22)15(14(19)5-6-17(19)27-11-18(25)26)4-3-12-9-13(23)7-8-20(12,21)2/h6-9,14-16,24H,3-5,10-11H2,1-2H3,(H,25,26)/t14?,15?,16-,19-,20-,21?/m0/s1. The number of ketones is 1. The smallest absolute Gasteiger partial charge is 0.313 e. The van der Waals surface area contributed by atoms with Crippen molar-refractivity contribution in [3.05, 3.63) is 34.8 Å². The summed E-state index contributed by atoms with van der Waals surface area (Å²) in [7, 11) is 0. The number of hydrogen-bond donors (Lipinski definition) is 2. The molecule has 0 aromatic heterocycles. The fourth-order valence-corrected chi connectivity index (χ4v) is 7.17. The van der Waals surface area contributed by atoms with Crippen LogP contribution in [0.4, 0.5) is 4.39 Å². The molecule has 0 aliphatic heterocycles. The number of halogens is 1. The third-order valence-corrected chi connectivity index (χ3v) is 8.84. The maximum absolute atomic E-state index is 16.7. The molecule has 4 rings (SSSR count). The topological polar surface area (TPSA) is 74.6 Å². The number of carbonyl (C=O) groups is 2. The normalized spacial score (nSPS) is 45.5. The van der Waals surface area contributed by atoms with E-state index in [0.29, 0.717) is 19.3 Å². The van der Waals surface area contributed by atoms with E-state index in [9.17, 15) is 14.7 Å². The highest BCUT2D eigenvalue weighted by Crippen LogP contribution is 2.68. The molecule has 0 aromatic carbocycles. The number of carbonyl (C=O) groups excluding carboxylic acids is 1. The molecule has 0 amide bonds. The summed E-state index contributed by atoms with van der Waals surface area (Å²) in [5.41, 5.74) is -2.41. The predicted molar refractivity (Wildman–Crippen MR) is 102 cm³/mol. The molecule has 2 N–H and O–H groups in total. The monoisotopic (exact) mass is 392 g/mol. The Labute approximate surface area is 162 Å². The van der Waals surface area contributed by atoms with Gasteiger partial charge in [0.15, 0.2) is 11.5 Å². The number of rotatable bonds is 3. The van der Waals surface area contributed by atoms with E-state index in [0.717, 1.165) is 10.5 Å². The van der Waals surface area contributed by atoms with Gasteiger partial charge in [-0.25, -0.2) is 4.39 Å². The third kappa shape index (κ3) is 2.45. The van der Waals surface area contributed by atoms with E-state index < -0.39 is 28.6 Å². The SMILES string of the molecule is C[C@]12C=CC(=O)C=C1CCC1C3CC=C(SCC(=O)O)[C@@]3(C)C[C@H](O)C12F. The van der Waals surface area contributed by atoms with E-state index in [2.05, 4.69) is 0 Å². The molecule has 3 unspecified atom stereocenters. The van der Waals surface area contributed by atoms with Gasteiger partial charge in [0.1, 0.15) is 0 Å². The second-order valence-electron chi connectivity index (χ2n) is 8.75. The van der Waals surface area contributed by atoms with Gasteiger partial charge in [0, 0.05) is 16.7 Å². The van der Waals surface area contributed by atoms with Crippen LogP contribution in [0.5, 0.6) is 0 Å². The van der Waals surface area contributed by atoms with Gasteiger partial charge in [-0.3, -0.25) is 9.59 Å². The molecule has 0 radical (unpaired) electrons. The molecule has 4 aliphatic carbocycles.